The molecular weight excluding hydrogens is 445 g/mol. The van der Waals surface area contributed by atoms with Gasteiger partial charge in [0.2, 0.25) is 5.88 Å². The molecule has 2 atom stereocenters. The number of aryl methyl sites for hydroxylation is 1. The molecule has 1 N–H and O–H groups in total. The smallest absolute Gasteiger partial charge is 0.227 e. The lowest BCUT2D eigenvalue weighted by atomic mass is 10.1. The zero-order chi connectivity index (χ0) is 24.6. The number of para-hydroxylation sites is 1. The van der Waals surface area contributed by atoms with Crippen molar-refractivity contribution in [3.63, 3.8) is 0 Å². The van der Waals surface area contributed by atoms with E-state index >= 15 is 0 Å². The molecule has 0 saturated carbocycles. The third-order valence-electron chi connectivity index (χ3n) is 6.19. The van der Waals surface area contributed by atoms with Crippen LogP contribution in [0.4, 0.5) is 4.39 Å². The van der Waals surface area contributed by atoms with Crippen LogP contribution < -0.4 is 4.74 Å². The van der Waals surface area contributed by atoms with Crippen molar-refractivity contribution in [2.45, 2.75) is 51.4 Å². The molecule has 2 aromatic carbocycles. The van der Waals surface area contributed by atoms with Crippen LogP contribution in [0.1, 0.15) is 36.9 Å². The van der Waals surface area contributed by atoms with Crippen LogP contribution in [0.2, 0.25) is 0 Å². The lowest BCUT2D eigenvalue weighted by Gasteiger charge is -2.27. The van der Waals surface area contributed by atoms with Crippen molar-refractivity contribution in [2.75, 3.05) is 19.7 Å². The minimum atomic E-state index is -0.480. The fourth-order valence-electron chi connectivity index (χ4n) is 4.41. The average molecular weight is 480 g/mol. The minimum Gasteiger partial charge on any atom is -0.438 e. The van der Waals surface area contributed by atoms with Crippen LogP contribution in [-0.4, -0.2) is 51.7 Å². The fraction of sp³-hybridized carbons (Fsp3) is 0.393. The summed E-state index contributed by atoms with van der Waals surface area (Å²) in [5.41, 5.74) is 2.56. The van der Waals surface area contributed by atoms with Crippen molar-refractivity contribution < 1.29 is 19.0 Å². The van der Waals surface area contributed by atoms with Crippen molar-refractivity contribution in [3.05, 3.63) is 84.3 Å². The summed E-state index contributed by atoms with van der Waals surface area (Å²) in [7, 11) is 0. The number of halogens is 1. The molecule has 2 heterocycles. The van der Waals surface area contributed by atoms with Gasteiger partial charge in [0.25, 0.3) is 0 Å². The zero-order valence-electron chi connectivity index (χ0n) is 20.3. The first-order chi connectivity index (χ1) is 17.0. The molecule has 35 heavy (non-hydrogen) atoms. The number of nitrogens with zero attached hydrogens (tertiary/aromatic N) is 3. The van der Waals surface area contributed by atoms with Gasteiger partial charge >= 0.3 is 0 Å². The molecule has 7 heteroatoms. The standard InChI is InChI=1S/C28H34FN3O3/c1-3-4-13-24(33)18-31(19-26-15-9-16-34-26)20-27-21(2)30-32(23-11-6-5-7-12-23)28(27)35-25-14-8-10-22(29)17-25/h3,5-8,10-12,14,17,24,26,33H,1,4,9,13,15-16,18-20H2,2H3/t24-,26+/m0/s1. The Bertz CT molecular complexity index is 1100. The molecule has 0 spiro atoms. The molecule has 1 aromatic heterocycles. The highest BCUT2D eigenvalue weighted by Gasteiger charge is 2.26. The summed E-state index contributed by atoms with van der Waals surface area (Å²) in [5, 5.41) is 15.4. The van der Waals surface area contributed by atoms with Gasteiger partial charge in [-0.1, -0.05) is 30.3 Å². The van der Waals surface area contributed by atoms with Gasteiger partial charge in [0, 0.05) is 32.3 Å². The number of ether oxygens (including phenoxy) is 2. The molecule has 1 fully saturated rings. The lowest BCUT2D eigenvalue weighted by Crippen LogP contribution is -2.37. The van der Waals surface area contributed by atoms with Gasteiger partial charge in [-0.3, -0.25) is 4.90 Å². The van der Waals surface area contributed by atoms with E-state index in [4.69, 9.17) is 14.6 Å². The lowest BCUT2D eigenvalue weighted by molar-refractivity contribution is 0.0442. The van der Waals surface area contributed by atoms with Crippen LogP contribution in [0.15, 0.2) is 67.3 Å². The molecule has 0 aliphatic carbocycles. The Kier molecular flexibility index (Phi) is 8.69. The second-order valence-electron chi connectivity index (χ2n) is 9.02. The number of aliphatic hydroxyl groups excluding tert-OH is 1. The number of rotatable bonds is 12. The highest BCUT2D eigenvalue weighted by atomic mass is 19.1. The summed E-state index contributed by atoms with van der Waals surface area (Å²) in [6.07, 6.45) is 4.95. The van der Waals surface area contributed by atoms with Crippen molar-refractivity contribution in [1.82, 2.24) is 14.7 Å². The van der Waals surface area contributed by atoms with Gasteiger partial charge in [-0.05, 0) is 56.9 Å². The highest BCUT2D eigenvalue weighted by Crippen LogP contribution is 2.32. The third kappa shape index (κ3) is 6.78. The Morgan fingerprint density at radius 2 is 2.11 bits per heavy atom. The fourth-order valence-corrected chi connectivity index (χ4v) is 4.41. The Balaban J connectivity index is 1.66. The van der Waals surface area contributed by atoms with Gasteiger partial charge in [-0.25, -0.2) is 9.07 Å². The van der Waals surface area contributed by atoms with Gasteiger partial charge in [0.05, 0.1) is 29.2 Å². The van der Waals surface area contributed by atoms with Gasteiger partial charge < -0.3 is 14.6 Å². The van der Waals surface area contributed by atoms with Crippen LogP contribution in [0, 0.1) is 12.7 Å². The highest BCUT2D eigenvalue weighted by molar-refractivity contribution is 5.43. The maximum atomic E-state index is 13.9. The normalized spacial score (nSPS) is 16.5. The molecule has 3 aromatic rings. The number of aliphatic hydroxyl groups is 1. The summed E-state index contributed by atoms with van der Waals surface area (Å²) in [6, 6.07) is 15.9. The summed E-state index contributed by atoms with van der Waals surface area (Å²) >= 11 is 0. The van der Waals surface area contributed by atoms with E-state index in [1.54, 1.807) is 16.8 Å². The number of aromatic nitrogens is 2. The predicted molar refractivity (Wildman–Crippen MR) is 134 cm³/mol. The van der Waals surface area contributed by atoms with E-state index in [1.807, 2.05) is 43.3 Å². The SMILES string of the molecule is C=CCC[C@H](O)CN(Cc1c(C)nn(-c2ccccc2)c1Oc1cccc(F)c1)C[C@H]1CCCO1. The second kappa shape index (κ2) is 12.1. The molecule has 1 saturated heterocycles. The molecule has 1 aliphatic heterocycles. The van der Waals surface area contributed by atoms with Crippen LogP contribution in [0.3, 0.4) is 0 Å². The van der Waals surface area contributed by atoms with Gasteiger partial charge in [-0.2, -0.15) is 5.10 Å². The van der Waals surface area contributed by atoms with Crippen LogP contribution >= 0.6 is 0 Å². The Hall–Kier alpha value is -3.00. The van der Waals surface area contributed by atoms with Gasteiger partial charge in [0.15, 0.2) is 0 Å². The van der Waals surface area contributed by atoms with E-state index in [-0.39, 0.29) is 11.9 Å². The van der Waals surface area contributed by atoms with E-state index in [0.717, 1.165) is 42.8 Å². The topological polar surface area (TPSA) is 59.8 Å². The molecule has 0 unspecified atom stereocenters. The molecular formula is C28H34FN3O3. The summed E-state index contributed by atoms with van der Waals surface area (Å²) in [6.45, 7) is 8.22. The molecule has 1 aliphatic rings. The Morgan fingerprint density at radius 1 is 1.29 bits per heavy atom. The van der Waals surface area contributed by atoms with E-state index < -0.39 is 6.10 Å². The van der Waals surface area contributed by atoms with E-state index in [2.05, 4.69) is 11.5 Å². The molecule has 186 valence electrons. The van der Waals surface area contributed by atoms with Crippen LogP contribution in [0.5, 0.6) is 11.6 Å². The quantitative estimate of drug-likeness (QED) is 0.352. The predicted octanol–water partition coefficient (Wildman–Crippen LogP) is 5.42. The Labute approximate surface area is 206 Å². The van der Waals surface area contributed by atoms with E-state index in [0.29, 0.717) is 37.7 Å². The van der Waals surface area contributed by atoms with Gasteiger partial charge in [0.1, 0.15) is 11.6 Å². The van der Waals surface area contributed by atoms with Crippen LogP contribution in [-0.2, 0) is 11.3 Å². The number of hydrogen-bond acceptors (Lipinski definition) is 5. The van der Waals surface area contributed by atoms with Gasteiger partial charge in [-0.15, -0.1) is 6.58 Å². The molecule has 4 rings (SSSR count). The van der Waals surface area contributed by atoms with Crippen molar-refractivity contribution >= 4 is 0 Å². The number of benzene rings is 2. The molecule has 6 nitrogen and oxygen atoms in total. The van der Waals surface area contributed by atoms with Crippen LogP contribution in [0.25, 0.3) is 5.69 Å². The first-order valence-electron chi connectivity index (χ1n) is 12.2. The maximum Gasteiger partial charge on any atom is 0.227 e. The second-order valence-corrected chi connectivity index (χ2v) is 9.02. The molecule has 0 bridgehead atoms. The average Bonchev–Trinajstić information content (AvgIpc) is 3.47. The first-order valence-corrected chi connectivity index (χ1v) is 12.2. The van der Waals surface area contributed by atoms with Crippen molar-refractivity contribution in [2.24, 2.45) is 0 Å². The Morgan fingerprint density at radius 3 is 2.83 bits per heavy atom. The third-order valence-corrected chi connectivity index (χ3v) is 6.19. The van der Waals surface area contributed by atoms with Crippen molar-refractivity contribution in [1.29, 1.82) is 0 Å². The number of allylic oxidation sites excluding steroid dienone is 1. The first kappa shape index (κ1) is 25.1. The van der Waals surface area contributed by atoms with Crippen molar-refractivity contribution in [3.8, 4) is 17.3 Å². The van der Waals surface area contributed by atoms with E-state index in [9.17, 15) is 9.50 Å². The monoisotopic (exact) mass is 479 g/mol. The molecule has 0 radical (unpaired) electrons. The largest absolute Gasteiger partial charge is 0.438 e. The summed E-state index contributed by atoms with van der Waals surface area (Å²) < 4.78 is 27.8. The molecule has 0 amide bonds. The minimum absolute atomic E-state index is 0.138. The number of hydrogen-bond donors (Lipinski definition) is 1. The zero-order valence-corrected chi connectivity index (χ0v) is 20.3. The maximum absolute atomic E-state index is 13.9. The summed E-state index contributed by atoms with van der Waals surface area (Å²) in [5.74, 6) is 0.578. The summed E-state index contributed by atoms with van der Waals surface area (Å²) in [4.78, 5) is 2.21. The van der Waals surface area contributed by atoms with E-state index in [1.165, 1.54) is 12.1 Å².